The Morgan fingerprint density at radius 2 is 1.74 bits per heavy atom. The molecule has 3 aromatic rings. The van der Waals surface area contributed by atoms with E-state index in [-0.39, 0.29) is 17.5 Å². The Morgan fingerprint density at radius 1 is 1.11 bits per heavy atom. The van der Waals surface area contributed by atoms with Gasteiger partial charge in [-0.25, -0.2) is 9.37 Å². The molecule has 0 aliphatic carbocycles. The van der Waals surface area contributed by atoms with E-state index >= 15 is 0 Å². The molecule has 1 heterocycles. The van der Waals surface area contributed by atoms with Gasteiger partial charge in [-0.1, -0.05) is 20.8 Å². The Labute approximate surface area is 161 Å². The highest BCUT2D eigenvalue weighted by atomic mass is 32.1. The molecule has 0 radical (unpaired) electrons. The standard InChI is InChI=1S/C21H21FN2O2S/c1-21(2,3)20(26)24(17-8-6-15(22)7-9-17)12-16-13-27-19(23-16)14-4-10-18(25)11-5-14/h4-11,13,25H,12H2,1-3H3. The van der Waals surface area contributed by atoms with Crippen molar-refractivity contribution in [2.45, 2.75) is 27.3 Å². The highest BCUT2D eigenvalue weighted by Crippen LogP contribution is 2.29. The minimum Gasteiger partial charge on any atom is -0.508 e. The van der Waals surface area contributed by atoms with Crippen LogP contribution in [-0.2, 0) is 11.3 Å². The Hall–Kier alpha value is -2.73. The summed E-state index contributed by atoms with van der Waals surface area (Å²) in [6, 6.07) is 12.7. The summed E-state index contributed by atoms with van der Waals surface area (Å²) in [7, 11) is 0. The molecular formula is C21H21FN2O2S. The molecule has 1 N–H and O–H groups in total. The van der Waals surface area contributed by atoms with Crippen molar-refractivity contribution >= 4 is 22.9 Å². The average molecular weight is 384 g/mol. The second-order valence-electron chi connectivity index (χ2n) is 7.31. The fourth-order valence-corrected chi connectivity index (χ4v) is 3.40. The van der Waals surface area contributed by atoms with E-state index in [0.29, 0.717) is 12.2 Å². The minimum atomic E-state index is -0.579. The lowest BCUT2D eigenvalue weighted by atomic mass is 9.94. The monoisotopic (exact) mass is 384 g/mol. The van der Waals surface area contributed by atoms with Crippen molar-refractivity contribution < 1.29 is 14.3 Å². The van der Waals surface area contributed by atoms with Gasteiger partial charge in [0.15, 0.2) is 0 Å². The summed E-state index contributed by atoms with van der Waals surface area (Å²) in [6.07, 6.45) is 0. The first-order valence-corrected chi connectivity index (χ1v) is 9.43. The van der Waals surface area contributed by atoms with Crippen molar-refractivity contribution in [1.82, 2.24) is 4.98 Å². The molecule has 0 atom stereocenters. The predicted molar refractivity (Wildman–Crippen MR) is 106 cm³/mol. The Kier molecular flexibility index (Phi) is 5.28. The van der Waals surface area contributed by atoms with Crippen LogP contribution >= 0.6 is 11.3 Å². The van der Waals surface area contributed by atoms with Gasteiger partial charge >= 0.3 is 0 Å². The minimum absolute atomic E-state index is 0.0618. The van der Waals surface area contributed by atoms with Gasteiger partial charge in [-0.3, -0.25) is 4.79 Å². The maximum atomic E-state index is 13.3. The van der Waals surface area contributed by atoms with Crippen LogP contribution in [0.5, 0.6) is 5.75 Å². The molecule has 0 aliphatic rings. The number of rotatable bonds is 4. The van der Waals surface area contributed by atoms with E-state index < -0.39 is 5.41 Å². The number of hydrogen-bond acceptors (Lipinski definition) is 4. The van der Waals surface area contributed by atoms with Gasteiger partial charge in [0.05, 0.1) is 12.2 Å². The van der Waals surface area contributed by atoms with Crippen molar-refractivity contribution in [2.75, 3.05) is 4.90 Å². The molecule has 4 nitrogen and oxygen atoms in total. The summed E-state index contributed by atoms with van der Waals surface area (Å²) in [5, 5.41) is 12.1. The number of carbonyl (C=O) groups excluding carboxylic acids is 1. The van der Waals surface area contributed by atoms with E-state index in [9.17, 15) is 14.3 Å². The second-order valence-corrected chi connectivity index (χ2v) is 8.17. The number of carbonyl (C=O) groups is 1. The van der Waals surface area contributed by atoms with E-state index in [1.807, 2.05) is 26.2 Å². The molecule has 0 bridgehead atoms. The number of phenolic OH excluding ortho intramolecular Hbond substituents is 1. The number of anilines is 1. The number of benzene rings is 2. The molecule has 0 saturated carbocycles. The van der Waals surface area contributed by atoms with E-state index in [1.54, 1.807) is 41.3 Å². The van der Waals surface area contributed by atoms with Crippen LogP contribution in [0.3, 0.4) is 0 Å². The first kappa shape index (κ1) is 19.0. The van der Waals surface area contributed by atoms with Gasteiger partial charge in [0, 0.05) is 22.0 Å². The summed E-state index contributed by atoms with van der Waals surface area (Å²) >= 11 is 1.48. The van der Waals surface area contributed by atoms with Crippen LogP contribution in [0.4, 0.5) is 10.1 Å². The number of nitrogens with zero attached hydrogens (tertiary/aromatic N) is 2. The van der Waals surface area contributed by atoms with Crippen molar-refractivity contribution in [1.29, 1.82) is 0 Å². The van der Waals surface area contributed by atoms with Gasteiger partial charge in [0.25, 0.3) is 0 Å². The van der Waals surface area contributed by atoms with Crippen LogP contribution in [0, 0.1) is 11.2 Å². The average Bonchev–Trinajstić information content (AvgIpc) is 3.08. The van der Waals surface area contributed by atoms with Gasteiger partial charge < -0.3 is 10.0 Å². The Bertz CT molecular complexity index is 928. The van der Waals surface area contributed by atoms with Gasteiger partial charge in [0.2, 0.25) is 5.91 Å². The van der Waals surface area contributed by atoms with Crippen LogP contribution in [0.1, 0.15) is 26.5 Å². The third kappa shape index (κ3) is 4.52. The van der Waals surface area contributed by atoms with Gasteiger partial charge in [-0.05, 0) is 48.5 Å². The molecule has 140 valence electrons. The maximum Gasteiger partial charge on any atom is 0.232 e. The van der Waals surface area contributed by atoms with Crippen molar-refractivity contribution in [2.24, 2.45) is 5.41 Å². The Morgan fingerprint density at radius 3 is 2.33 bits per heavy atom. The fraction of sp³-hybridized carbons (Fsp3) is 0.238. The topological polar surface area (TPSA) is 53.4 Å². The third-order valence-electron chi connectivity index (χ3n) is 4.01. The molecule has 27 heavy (non-hydrogen) atoms. The van der Waals surface area contributed by atoms with Crippen LogP contribution in [0.2, 0.25) is 0 Å². The lowest BCUT2D eigenvalue weighted by molar-refractivity contribution is -0.125. The van der Waals surface area contributed by atoms with Crippen LogP contribution in [0.25, 0.3) is 10.6 Å². The smallest absolute Gasteiger partial charge is 0.232 e. The Balaban J connectivity index is 1.89. The number of hydrogen-bond donors (Lipinski definition) is 1. The summed E-state index contributed by atoms with van der Waals surface area (Å²) in [4.78, 5) is 19.2. The third-order valence-corrected chi connectivity index (χ3v) is 4.95. The lowest BCUT2D eigenvalue weighted by Gasteiger charge is -2.29. The molecule has 0 saturated heterocycles. The first-order valence-electron chi connectivity index (χ1n) is 8.55. The van der Waals surface area contributed by atoms with Crippen molar-refractivity contribution in [3.05, 3.63) is 65.4 Å². The van der Waals surface area contributed by atoms with E-state index in [2.05, 4.69) is 4.98 Å². The fourth-order valence-electron chi connectivity index (χ4n) is 2.58. The maximum absolute atomic E-state index is 13.3. The lowest BCUT2D eigenvalue weighted by Crippen LogP contribution is -2.39. The number of thiazole rings is 1. The molecule has 0 spiro atoms. The van der Waals surface area contributed by atoms with Crippen LogP contribution in [-0.4, -0.2) is 16.0 Å². The first-order chi connectivity index (χ1) is 12.7. The zero-order valence-electron chi connectivity index (χ0n) is 15.4. The molecule has 6 heteroatoms. The molecule has 0 aliphatic heterocycles. The van der Waals surface area contributed by atoms with E-state index in [0.717, 1.165) is 16.3 Å². The van der Waals surface area contributed by atoms with Gasteiger partial charge in [-0.15, -0.1) is 11.3 Å². The number of aromatic nitrogens is 1. The van der Waals surface area contributed by atoms with Gasteiger partial charge in [0.1, 0.15) is 16.6 Å². The SMILES string of the molecule is CC(C)(C)C(=O)N(Cc1csc(-c2ccc(O)cc2)n1)c1ccc(F)cc1. The van der Waals surface area contributed by atoms with Crippen LogP contribution < -0.4 is 4.90 Å². The van der Waals surface area contributed by atoms with E-state index in [1.165, 1.54) is 23.5 Å². The number of phenols is 1. The quantitative estimate of drug-likeness (QED) is 0.670. The number of halogens is 1. The van der Waals surface area contributed by atoms with Crippen molar-refractivity contribution in [3.63, 3.8) is 0 Å². The number of aromatic hydroxyl groups is 1. The predicted octanol–water partition coefficient (Wildman–Crippen LogP) is 5.23. The normalized spacial score (nSPS) is 11.4. The van der Waals surface area contributed by atoms with Gasteiger partial charge in [-0.2, -0.15) is 0 Å². The largest absolute Gasteiger partial charge is 0.508 e. The highest BCUT2D eigenvalue weighted by molar-refractivity contribution is 7.13. The zero-order chi connectivity index (χ0) is 19.6. The molecule has 0 fully saturated rings. The molecular weight excluding hydrogens is 363 g/mol. The molecule has 0 unspecified atom stereocenters. The summed E-state index contributed by atoms with van der Waals surface area (Å²) in [6.45, 7) is 5.87. The van der Waals surface area contributed by atoms with Crippen LogP contribution in [0.15, 0.2) is 53.9 Å². The van der Waals surface area contributed by atoms with E-state index in [4.69, 9.17) is 0 Å². The molecule has 2 aromatic carbocycles. The summed E-state index contributed by atoms with van der Waals surface area (Å²) in [5.41, 5.74) is 1.71. The highest BCUT2D eigenvalue weighted by Gasteiger charge is 2.29. The molecule has 3 rings (SSSR count). The summed E-state index contributed by atoms with van der Waals surface area (Å²) in [5.74, 6) is -0.202. The summed E-state index contributed by atoms with van der Waals surface area (Å²) < 4.78 is 13.3. The molecule has 1 aromatic heterocycles. The van der Waals surface area contributed by atoms with Crippen molar-refractivity contribution in [3.8, 4) is 16.3 Å². The number of amides is 1. The molecule has 1 amide bonds. The second kappa shape index (κ2) is 7.48. The zero-order valence-corrected chi connectivity index (χ0v) is 16.3.